The molecule has 0 radical (unpaired) electrons. The van der Waals surface area contributed by atoms with Crippen molar-refractivity contribution < 1.29 is 14.6 Å². The van der Waals surface area contributed by atoms with Gasteiger partial charge in [-0.15, -0.1) is 0 Å². The van der Waals surface area contributed by atoms with Crippen molar-refractivity contribution in [2.24, 2.45) is 23.2 Å². The molecule has 3 heteroatoms. The van der Waals surface area contributed by atoms with Crippen molar-refractivity contribution >= 4 is 0 Å². The molecule has 1 saturated heterocycles. The first-order valence-corrected chi connectivity index (χ1v) is 8.02. The lowest BCUT2D eigenvalue weighted by Gasteiger charge is -2.63. The van der Waals surface area contributed by atoms with Crippen LogP contribution >= 0.6 is 0 Å². The standard InChI is InChI=1S/C18H24O3/c1-11-8-17(3)15-12(2)18(11,9-19)10-20-16(15)13-6-4-5-7-14(13)21-17/h4-7,11-12,15-16,19H,8-10H2,1-3H3/t11-,12-,15-,16-,17-,18+/m1/s1. The van der Waals surface area contributed by atoms with E-state index in [-0.39, 0.29) is 23.7 Å². The summed E-state index contributed by atoms with van der Waals surface area (Å²) in [5, 5.41) is 10.1. The van der Waals surface area contributed by atoms with E-state index in [0.29, 0.717) is 24.4 Å². The maximum absolute atomic E-state index is 10.1. The van der Waals surface area contributed by atoms with E-state index in [2.05, 4.69) is 39.0 Å². The molecule has 4 rings (SSSR count). The Hall–Kier alpha value is -1.06. The van der Waals surface area contributed by atoms with Crippen molar-refractivity contribution in [3.05, 3.63) is 29.8 Å². The number of ether oxygens (including phenoxy) is 2. The molecule has 1 aromatic rings. The van der Waals surface area contributed by atoms with Gasteiger partial charge in [0.15, 0.2) is 0 Å². The molecule has 1 aromatic carbocycles. The topological polar surface area (TPSA) is 38.7 Å². The van der Waals surface area contributed by atoms with Crippen LogP contribution in [0.15, 0.2) is 24.3 Å². The van der Waals surface area contributed by atoms with Crippen molar-refractivity contribution in [3.8, 4) is 5.75 Å². The molecule has 6 atom stereocenters. The second kappa shape index (κ2) is 4.23. The highest BCUT2D eigenvalue weighted by molar-refractivity contribution is 5.40. The lowest BCUT2D eigenvalue weighted by Crippen LogP contribution is -2.65. The molecule has 0 unspecified atom stereocenters. The zero-order chi connectivity index (χ0) is 14.8. The Kier molecular flexibility index (Phi) is 2.74. The molecule has 21 heavy (non-hydrogen) atoms. The first-order chi connectivity index (χ1) is 10.0. The van der Waals surface area contributed by atoms with E-state index < -0.39 is 0 Å². The first-order valence-electron chi connectivity index (χ1n) is 8.02. The van der Waals surface area contributed by atoms with Crippen LogP contribution in [-0.4, -0.2) is 23.9 Å². The van der Waals surface area contributed by atoms with Crippen LogP contribution in [0.1, 0.15) is 38.9 Å². The summed E-state index contributed by atoms with van der Waals surface area (Å²) in [6.45, 7) is 7.60. The summed E-state index contributed by atoms with van der Waals surface area (Å²) in [6, 6.07) is 8.26. The van der Waals surface area contributed by atoms with Crippen LogP contribution in [0.2, 0.25) is 0 Å². The fourth-order valence-corrected chi connectivity index (χ4v) is 5.29. The number of aliphatic hydroxyl groups is 1. The van der Waals surface area contributed by atoms with Gasteiger partial charge in [0.1, 0.15) is 11.4 Å². The van der Waals surface area contributed by atoms with Crippen LogP contribution in [-0.2, 0) is 4.74 Å². The summed E-state index contributed by atoms with van der Waals surface area (Å²) < 4.78 is 12.7. The SMILES string of the molecule is C[C@@H]1C[C@@]2(C)Oc3ccccc3[C@H]3OC[C@]1(CO)[C@H](C)[C@H]32. The Balaban J connectivity index is 1.87. The first kappa shape index (κ1) is 13.6. The van der Waals surface area contributed by atoms with E-state index >= 15 is 0 Å². The number of aliphatic hydroxyl groups excluding tert-OH is 1. The molecule has 3 nitrogen and oxygen atoms in total. The lowest BCUT2D eigenvalue weighted by atomic mass is 9.50. The van der Waals surface area contributed by atoms with Crippen LogP contribution in [0.3, 0.4) is 0 Å². The van der Waals surface area contributed by atoms with Gasteiger partial charge in [0, 0.05) is 16.9 Å². The number of benzene rings is 1. The van der Waals surface area contributed by atoms with Crippen molar-refractivity contribution in [1.29, 1.82) is 0 Å². The molecule has 114 valence electrons. The average molecular weight is 288 g/mol. The quantitative estimate of drug-likeness (QED) is 0.862. The second-order valence-electron chi connectivity index (χ2n) is 7.50. The highest BCUT2D eigenvalue weighted by Crippen LogP contribution is 2.63. The second-order valence-corrected chi connectivity index (χ2v) is 7.50. The number of para-hydroxylation sites is 1. The van der Waals surface area contributed by atoms with Crippen LogP contribution < -0.4 is 4.74 Å². The highest BCUT2D eigenvalue weighted by Gasteiger charge is 2.64. The molecule has 2 heterocycles. The summed E-state index contributed by atoms with van der Waals surface area (Å²) in [5.74, 6) is 2.07. The molecule has 1 N–H and O–H groups in total. The molecular weight excluding hydrogens is 264 g/mol. The third-order valence-electron chi connectivity index (χ3n) is 6.56. The van der Waals surface area contributed by atoms with Crippen molar-refractivity contribution in [2.45, 2.75) is 38.9 Å². The Morgan fingerprint density at radius 2 is 2.05 bits per heavy atom. The summed E-state index contributed by atoms with van der Waals surface area (Å²) in [5.41, 5.74) is 0.862. The van der Waals surface area contributed by atoms with Crippen molar-refractivity contribution in [1.82, 2.24) is 0 Å². The van der Waals surface area contributed by atoms with Crippen LogP contribution in [0, 0.1) is 23.2 Å². The molecule has 2 fully saturated rings. The van der Waals surface area contributed by atoms with E-state index in [1.807, 2.05) is 6.07 Å². The molecule has 0 spiro atoms. The van der Waals surface area contributed by atoms with Crippen LogP contribution in [0.5, 0.6) is 5.75 Å². The smallest absolute Gasteiger partial charge is 0.125 e. The minimum Gasteiger partial charge on any atom is -0.487 e. The predicted molar refractivity (Wildman–Crippen MR) is 80.1 cm³/mol. The van der Waals surface area contributed by atoms with Crippen LogP contribution in [0.25, 0.3) is 0 Å². The summed E-state index contributed by atoms with van der Waals surface area (Å²) in [7, 11) is 0. The van der Waals surface area contributed by atoms with E-state index in [1.54, 1.807) is 0 Å². The summed E-state index contributed by atoms with van der Waals surface area (Å²) >= 11 is 0. The molecule has 1 aliphatic carbocycles. The third kappa shape index (κ3) is 1.56. The molecule has 0 aromatic heterocycles. The Labute approximate surface area is 126 Å². The van der Waals surface area contributed by atoms with Gasteiger partial charge >= 0.3 is 0 Å². The van der Waals surface area contributed by atoms with Crippen molar-refractivity contribution in [3.63, 3.8) is 0 Å². The van der Waals surface area contributed by atoms with Gasteiger partial charge < -0.3 is 14.6 Å². The van der Waals surface area contributed by atoms with Gasteiger partial charge in [0.2, 0.25) is 0 Å². The maximum Gasteiger partial charge on any atom is 0.125 e. The number of rotatable bonds is 1. The van der Waals surface area contributed by atoms with Gasteiger partial charge in [0.05, 0.1) is 19.3 Å². The normalized spacial score (nSPS) is 47.4. The van der Waals surface area contributed by atoms with E-state index in [4.69, 9.17) is 9.47 Å². The molecule has 2 aliphatic heterocycles. The molecule has 2 bridgehead atoms. The van der Waals surface area contributed by atoms with Gasteiger partial charge in [-0.05, 0) is 31.2 Å². The van der Waals surface area contributed by atoms with E-state index in [1.165, 1.54) is 5.56 Å². The third-order valence-corrected chi connectivity index (χ3v) is 6.56. The predicted octanol–water partition coefficient (Wildman–Crippen LogP) is 3.18. The average Bonchev–Trinajstić information content (AvgIpc) is 2.46. The van der Waals surface area contributed by atoms with Crippen molar-refractivity contribution in [2.75, 3.05) is 13.2 Å². The number of hydrogen-bond acceptors (Lipinski definition) is 3. The Bertz CT molecular complexity index is 571. The zero-order valence-corrected chi connectivity index (χ0v) is 13.0. The van der Waals surface area contributed by atoms with E-state index in [0.717, 1.165) is 12.2 Å². The highest BCUT2D eigenvalue weighted by atomic mass is 16.5. The monoisotopic (exact) mass is 288 g/mol. The fraction of sp³-hybridized carbons (Fsp3) is 0.667. The minimum atomic E-state index is -0.197. The summed E-state index contributed by atoms with van der Waals surface area (Å²) in [4.78, 5) is 0. The molecule has 0 amide bonds. The number of fused-ring (bicyclic) bond motifs is 3. The largest absolute Gasteiger partial charge is 0.487 e. The maximum atomic E-state index is 10.1. The van der Waals surface area contributed by atoms with Gasteiger partial charge in [-0.1, -0.05) is 32.0 Å². The van der Waals surface area contributed by atoms with Gasteiger partial charge in [0.25, 0.3) is 0 Å². The number of hydrogen-bond donors (Lipinski definition) is 1. The molecular formula is C18H24O3. The lowest BCUT2D eigenvalue weighted by molar-refractivity contribution is -0.260. The minimum absolute atomic E-state index is 0.0992. The van der Waals surface area contributed by atoms with Gasteiger partial charge in [-0.25, -0.2) is 0 Å². The molecule has 3 aliphatic rings. The fourth-order valence-electron chi connectivity index (χ4n) is 5.29. The molecule has 1 saturated carbocycles. The Morgan fingerprint density at radius 1 is 1.29 bits per heavy atom. The van der Waals surface area contributed by atoms with Crippen LogP contribution in [0.4, 0.5) is 0 Å². The van der Waals surface area contributed by atoms with E-state index in [9.17, 15) is 5.11 Å². The van der Waals surface area contributed by atoms with Gasteiger partial charge in [-0.3, -0.25) is 0 Å². The zero-order valence-electron chi connectivity index (χ0n) is 13.0. The van der Waals surface area contributed by atoms with Gasteiger partial charge in [-0.2, -0.15) is 0 Å². The Morgan fingerprint density at radius 3 is 2.81 bits per heavy atom. The summed E-state index contributed by atoms with van der Waals surface area (Å²) in [6.07, 6.45) is 1.08.